The first-order chi connectivity index (χ1) is 15.5. The van der Waals surface area contributed by atoms with E-state index in [0.717, 1.165) is 16.9 Å². The number of hydrogen-bond acceptors (Lipinski definition) is 7. The molecule has 0 saturated carbocycles. The molecule has 3 aromatic rings. The van der Waals surface area contributed by atoms with E-state index in [1.54, 1.807) is 18.2 Å². The summed E-state index contributed by atoms with van der Waals surface area (Å²) in [4.78, 5) is 28.0. The number of methoxy groups -OCH3 is 1. The van der Waals surface area contributed by atoms with Gasteiger partial charge in [-0.3, -0.25) is 4.90 Å². The summed E-state index contributed by atoms with van der Waals surface area (Å²) >= 11 is 7.82. The maximum atomic E-state index is 12.6. The minimum Gasteiger partial charge on any atom is -0.482 e. The highest BCUT2D eigenvalue weighted by atomic mass is 35.5. The fourth-order valence-corrected chi connectivity index (χ4v) is 4.95. The standard InChI is InChI=1S/C24H22ClNO5S/c1-29-24(28)23(18-9-5-6-10-19(18)25)26-12-11-20-16(14-26)13-22(32-20)31-21(27)15-30-17-7-3-2-4-8-17/h2-10,13,23H,11-12,14-15H2,1H3/t23-/m0/s1. The van der Waals surface area contributed by atoms with Crippen LogP contribution in [-0.2, 0) is 27.3 Å². The van der Waals surface area contributed by atoms with Crippen molar-refractivity contribution in [1.29, 1.82) is 0 Å². The highest BCUT2D eigenvalue weighted by Gasteiger charge is 2.33. The van der Waals surface area contributed by atoms with E-state index in [-0.39, 0.29) is 12.6 Å². The van der Waals surface area contributed by atoms with E-state index < -0.39 is 12.0 Å². The molecule has 1 aliphatic heterocycles. The topological polar surface area (TPSA) is 65.1 Å². The molecule has 0 aliphatic carbocycles. The van der Waals surface area contributed by atoms with Crippen LogP contribution in [0.4, 0.5) is 0 Å². The van der Waals surface area contributed by atoms with Crippen LogP contribution in [-0.4, -0.2) is 37.1 Å². The number of nitrogens with zero attached hydrogens (tertiary/aromatic N) is 1. The van der Waals surface area contributed by atoms with Crippen LogP contribution in [0.1, 0.15) is 22.0 Å². The lowest BCUT2D eigenvalue weighted by Gasteiger charge is -2.33. The number of benzene rings is 2. The number of carbonyl (C=O) groups excluding carboxylic acids is 2. The number of fused-ring (bicyclic) bond motifs is 1. The number of carbonyl (C=O) groups is 2. The third-order valence-electron chi connectivity index (χ3n) is 5.18. The molecule has 1 aliphatic rings. The zero-order valence-electron chi connectivity index (χ0n) is 17.5. The molecule has 0 radical (unpaired) electrons. The van der Waals surface area contributed by atoms with E-state index in [1.165, 1.54) is 18.4 Å². The van der Waals surface area contributed by atoms with Crippen LogP contribution in [0.5, 0.6) is 10.8 Å². The quantitative estimate of drug-likeness (QED) is 0.467. The molecule has 0 unspecified atom stereocenters. The van der Waals surface area contributed by atoms with Gasteiger partial charge in [0.15, 0.2) is 11.7 Å². The summed E-state index contributed by atoms with van der Waals surface area (Å²) in [6.07, 6.45) is 0.732. The molecule has 4 rings (SSSR count). The molecule has 0 amide bonds. The van der Waals surface area contributed by atoms with Gasteiger partial charge in [-0.05, 0) is 41.8 Å². The van der Waals surface area contributed by atoms with Crippen molar-refractivity contribution >= 4 is 34.9 Å². The maximum Gasteiger partial charge on any atom is 0.350 e. The molecule has 166 valence electrons. The second-order valence-electron chi connectivity index (χ2n) is 7.26. The van der Waals surface area contributed by atoms with E-state index in [2.05, 4.69) is 0 Å². The van der Waals surface area contributed by atoms with Gasteiger partial charge in [0.05, 0.1) is 7.11 Å². The minimum atomic E-state index is -0.605. The summed E-state index contributed by atoms with van der Waals surface area (Å²) in [6, 6.07) is 17.6. The third-order valence-corrected chi connectivity index (χ3v) is 6.64. The van der Waals surface area contributed by atoms with Crippen molar-refractivity contribution in [2.75, 3.05) is 20.3 Å². The van der Waals surface area contributed by atoms with E-state index in [9.17, 15) is 9.59 Å². The lowest BCUT2D eigenvalue weighted by atomic mass is 10.0. The van der Waals surface area contributed by atoms with Crippen LogP contribution in [0.25, 0.3) is 0 Å². The van der Waals surface area contributed by atoms with Gasteiger partial charge >= 0.3 is 11.9 Å². The van der Waals surface area contributed by atoms with Gasteiger partial charge in [0.1, 0.15) is 11.8 Å². The van der Waals surface area contributed by atoms with Crippen molar-refractivity contribution in [2.24, 2.45) is 0 Å². The second kappa shape index (κ2) is 10.2. The van der Waals surface area contributed by atoms with Gasteiger partial charge in [-0.1, -0.05) is 48.0 Å². The van der Waals surface area contributed by atoms with Gasteiger partial charge in [-0.2, -0.15) is 0 Å². The average molecular weight is 472 g/mol. The van der Waals surface area contributed by atoms with Crippen molar-refractivity contribution in [3.63, 3.8) is 0 Å². The molecule has 2 aromatic carbocycles. The molecule has 1 atom stereocenters. The molecule has 8 heteroatoms. The van der Waals surface area contributed by atoms with Crippen LogP contribution in [0.2, 0.25) is 5.02 Å². The molecular formula is C24H22ClNO5S. The first-order valence-electron chi connectivity index (χ1n) is 10.1. The largest absolute Gasteiger partial charge is 0.482 e. The Labute approximate surface area is 195 Å². The van der Waals surface area contributed by atoms with Crippen molar-refractivity contribution in [3.05, 3.63) is 81.7 Å². The fraction of sp³-hybridized carbons (Fsp3) is 0.250. The van der Waals surface area contributed by atoms with E-state index in [1.807, 2.05) is 47.4 Å². The number of rotatable bonds is 7. The summed E-state index contributed by atoms with van der Waals surface area (Å²) in [7, 11) is 1.38. The molecule has 2 heterocycles. The van der Waals surface area contributed by atoms with Crippen LogP contribution < -0.4 is 9.47 Å². The Bertz CT molecular complexity index is 1100. The maximum absolute atomic E-state index is 12.6. The van der Waals surface area contributed by atoms with Gasteiger partial charge in [0.25, 0.3) is 0 Å². The first-order valence-corrected chi connectivity index (χ1v) is 11.3. The average Bonchev–Trinajstić information content (AvgIpc) is 3.21. The predicted molar refractivity (Wildman–Crippen MR) is 122 cm³/mol. The van der Waals surface area contributed by atoms with Gasteiger partial charge in [-0.25, -0.2) is 9.59 Å². The summed E-state index contributed by atoms with van der Waals surface area (Å²) in [5.41, 5.74) is 1.73. The molecule has 0 N–H and O–H groups in total. The summed E-state index contributed by atoms with van der Waals surface area (Å²) in [6.45, 7) is 1.01. The Morgan fingerprint density at radius 1 is 1.12 bits per heavy atom. The van der Waals surface area contributed by atoms with Crippen LogP contribution in [0.15, 0.2) is 60.7 Å². The Hall–Kier alpha value is -2.87. The number of halogens is 1. The normalized spacial score (nSPS) is 14.3. The van der Waals surface area contributed by atoms with E-state index >= 15 is 0 Å². The lowest BCUT2D eigenvalue weighted by Crippen LogP contribution is -2.38. The monoisotopic (exact) mass is 471 g/mol. The summed E-state index contributed by atoms with van der Waals surface area (Å²) < 4.78 is 16.0. The Balaban J connectivity index is 1.44. The van der Waals surface area contributed by atoms with E-state index in [4.69, 9.17) is 25.8 Å². The Morgan fingerprint density at radius 3 is 2.62 bits per heavy atom. The van der Waals surface area contributed by atoms with Crippen LogP contribution >= 0.6 is 22.9 Å². The number of thiophene rings is 1. The molecule has 0 spiro atoms. The molecular weight excluding hydrogens is 450 g/mol. The van der Waals surface area contributed by atoms with Crippen molar-refractivity contribution in [2.45, 2.75) is 19.0 Å². The number of esters is 2. The molecule has 32 heavy (non-hydrogen) atoms. The van der Waals surface area contributed by atoms with Crippen molar-refractivity contribution < 1.29 is 23.8 Å². The van der Waals surface area contributed by atoms with Gasteiger partial charge < -0.3 is 14.2 Å². The van der Waals surface area contributed by atoms with Crippen LogP contribution in [0.3, 0.4) is 0 Å². The number of hydrogen-bond donors (Lipinski definition) is 0. The SMILES string of the molecule is COC(=O)[C@H](c1ccccc1Cl)N1CCc2sc(OC(=O)COc3ccccc3)cc2C1. The zero-order chi connectivity index (χ0) is 22.5. The first kappa shape index (κ1) is 22.3. The van der Waals surface area contributed by atoms with Gasteiger partial charge in [0.2, 0.25) is 0 Å². The number of para-hydroxylation sites is 1. The van der Waals surface area contributed by atoms with Crippen LogP contribution in [0, 0.1) is 0 Å². The molecule has 0 saturated heterocycles. The van der Waals surface area contributed by atoms with Crippen molar-refractivity contribution in [1.82, 2.24) is 4.90 Å². The minimum absolute atomic E-state index is 0.171. The smallest absolute Gasteiger partial charge is 0.350 e. The highest BCUT2D eigenvalue weighted by Crippen LogP contribution is 2.37. The summed E-state index contributed by atoms with van der Waals surface area (Å²) in [5.74, 6) is -0.215. The lowest BCUT2D eigenvalue weighted by molar-refractivity contribution is -0.147. The Kier molecular flexibility index (Phi) is 7.09. The van der Waals surface area contributed by atoms with E-state index in [0.29, 0.717) is 34.5 Å². The molecule has 0 fully saturated rings. The predicted octanol–water partition coefficient (Wildman–Crippen LogP) is 4.66. The van der Waals surface area contributed by atoms with Gasteiger partial charge in [-0.15, -0.1) is 11.3 Å². The Morgan fingerprint density at radius 2 is 1.88 bits per heavy atom. The summed E-state index contributed by atoms with van der Waals surface area (Å²) in [5, 5.41) is 1.04. The highest BCUT2D eigenvalue weighted by molar-refractivity contribution is 7.14. The van der Waals surface area contributed by atoms with Gasteiger partial charge in [0, 0.05) is 23.0 Å². The second-order valence-corrected chi connectivity index (χ2v) is 8.76. The number of ether oxygens (including phenoxy) is 3. The molecule has 6 nitrogen and oxygen atoms in total. The molecule has 0 bridgehead atoms. The fourth-order valence-electron chi connectivity index (χ4n) is 3.68. The third kappa shape index (κ3) is 5.12. The van der Waals surface area contributed by atoms with Crippen molar-refractivity contribution in [3.8, 4) is 10.8 Å². The zero-order valence-corrected chi connectivity index (χ0v) is 19.0. The molecule has 1 aromatic heterocycles.